The third-order valence-electron chi connectivity index (χ3n) is 2.88. The molecule has 0 aliphatic carbocycles. The monoisotopic (exact) mass is 228 g/mol. The molecule has 0 unspecified atom stereocenters. The minimum absolute atomic E-state index is 0.312. The number of aromatic hydroxyl groups is 1. The predicted octanol–water partition coefficient (Wildman–Crippen LogP) is 3.68. The molecule has 2 rings (SSSR count). The zero-order valence-electron chi connectivity index (χ0n) is 10.3. The van der Waals surface area contributed by atoms with Gasteiger partial charge in [0.2, 0.25) is 0 Å². The van der Waals surface area contributed by atoms with E-state index in [1.54, 1.807) is 19.2 Å². The first-order valence-electron chi connectivity index (χ1n) is 5.56. The molecule has 0 bridgehead atoms. The molecule has 2 nitrogen and oxygen atoms in total. The minimum Gasteiger partial charge on any atom is -0.508 e. The van der Waals surface area contributed by atoms with E-state index in [1.807, 2.05) is 32.0 Å². The summed E-state index contributed by atoms with van der Waals surface area (Å²) in [4.78, 5) is 0. The van der Waals surface area contributed by atoms with Crippen molar-refractivity contribution < 1.29 is 9.84 Å². The number of phenols is 1. The topological polar surface area (TPSA) is 29.5 Å². The number of aryl methyl sites for hydroxylation is 2. The minimum atomic E-state index is 0.312. The molecule has 0 saturated carbocycles. The summed E-state index contributed by atoms with van der Waals surface area (Å²) in [6, 6.07) is 11.5. The quantitative estimate of drug-likeness (QED) is 0.849. The lowest BCUT2D eigenvalue weighted by Gasteiger charge is -2.11. The summed E-state index contributed by atoms with van der Waals surface area (Å²) in [5.41, 5.74) is 4.40. The van der Waals surface area contributed by atoms with E-state index in [9.17, 15) is 5.11 Å². The van der Waals surface area contributed by atoms with Crippen LogP contribution in [-0.4, -0.2) is 12.2 Å². The lowest BCUT2D eigenvalue weighted by atomic mass is 9.95. The second-order valence-electron chi connectivity index (χ2n) is 4.19. The van der Waals surface area contributed by atoms with Gasteiger partial charge in [0.05, 0.1) is 7.11 Å². The molecule has 0 heterocycles. The van der Waals surface area contributed by atoms with E-state index in [0.29, 0.717) is 5.75 Å². The van der Waals surface area contributed by atoms with Crippen LogP contribution in [0.25, 0.3) is 11.1 Å². The lowest BCUT2D eigenvalue weighted by molar-refractivity contribution is 0.415. The van der Waals surface area contributed by atoms with Crippen LogP contribution in [0.5, 0.6) is 11.5 Å². The average molecular weight is 228 g/mol. The fourth-order valence-corrected chi connectivity index (χ4v) is 2.17. The van der Waals surface area contributed by atoms with E-state index >= 15 is 0 Å². The van der Waals surface area contributed by atoms with E-state index in [0.717, 1.165) is 28.0 Å². The highest BCUT2D eigenvalue weighted by Crippen LogP contribution is 2.32. The average Bonchev–Trinajstić information content (AvgIpc) is 2.28. The zero-order chi connectivity index (χ0) is 12.4. The van der Waals surface area contributed by atoms with Gasteiger partial charge in [-0.25, -0.2) is 0 Å². The number of methoxy groups -OCH3 is 1. The van der Waals surface area contributed by atoms with Crippen molar-refractivity contribution in [2.45, 2.75) is 13.8 Å². The third kappa shape index (κ3) is 2.26. The summed E-state index contributed by atoms with van der Waals surface area (Å²) in [6.45, 7) is 4.00. The number of phenolic OH excluding ortho intramolecular Hbond substituents is 1. The van der Waals surface area contributed by atoms with Crippen LogP contribution >= 0.6 is 0 Å². The van der Waals surface area contributed by atoms with Gasteiger partial charge < -0.3 is 9.84 Å². The van der Waals surface area contributed by atoms with Crippen LogP contribution in [0.1, 0.15) is 11.1 Å². The van der Waals surface area contributed by atoms with Gasteiger partial charge in [-0.15, -0.1) is 0 Å². The van der Waals surface area contributed by atoms with Crippen LogP contribution in [0.15, 0.2) is 36.4 Å². The van der Waals surface area contributed by atoms with Crippen LogP contribution in [0, 0.1) is 13.8 Å². The van der Waals surface area contributed by atoms with Gasteiger partial charge in [-0.1, -0.05) is 12.1 Å². The van der Waals surface area contributed by atoms with Crippen molar-refractivity contribution in [3.8, 4) is 22.6 Å². The van der Waals surface area contributed by atoms with Crippen LogP contribution < -0.4 is 4.74 Å². The fourth-order valence-electron chi connectivity index (χ4n) is 2.17. The second-order valence-corrected chi connectivity index (χ2v) is 4.19. The van der Waals surface area contributed by atoms with Gasteiger partial charge in [-0.05, 0) is 60.4 Å². The molecule has 0 amide bonds. The van der Waals surface area contributed by atoms with Crippen molar-refractivity contribution in [1.29, 1.82) is 0 Å². The van der Waals surface area contributed by atoms with Crippen LogP contribution in [-0.2, 0) is 0 Å². The van der Waals surface area contributed by atoms with Crippen LogP contribution in [0.3, 0.4) is 0 Å². The van der Waals surface area contributed by atoms with E-state index in [4.69, 9.17) is 4.74 Å². The maximum atomic E-state index is 9.54. The highest BCUT2D eigenvalue weighted by molar-refractivity contribution is 5.72. The predicted molar refractivity (Wildman–Crippen MR) is 69.6 cm³/mol. The molecular weight excluding hydrogens is 212 g/mol. The molecule has 0 aromatic heterocycles. The molecule has 0 fully saturated rings. The van der Waals surface area contributed by atoms with Crippen molar-refractivity contribution in [2.24, 2.45) is 0 Å². The number of hydrogen-bond acceptors (Lipinski definition) is 2. The van der Waals surface area contributed by atoms with Gasteiger partial charge in [0, 0.05) is 0 Å². The Hall–Kier alpha value is -1.96. The van der Waals surface area contributed by atoms with Crippen molar-refractivity contribution in [3.63, 3.8) is 0 Å². The lowest BCUT2D eigenvalue weighted by Crippen LogP contribution is -1.89. The largest absolute Gasteiger partial charge is 0.508 e. The van der Waals surface area contributed by atoms with Crippen molar-refractivity contribution in [3.05, 3.63) is 47.5 Å². The Morgan fingerprint density at radius 2 is 1.65 bits per heavy atom. The Morgan fingerprint density at radius 3 is 2.24 bits per heavy atom. The number of ether oxygens (including phenoxy) is 1. The molecule has 2 aromatic carbocycles. The molecule has 2 aromatic rings. The van der Waals surface area contributed by atoms with Gasteiger partial charge in [-0.2, -0.15) is 0 Å². The second kappa shape index (κ2) is 4.50. The molecule has 2 heteroatoms. The maximum Gasteiger partial charge on any atom is 0.119 e. The summed E-state index contributed by atoms with van der Waals surface area (Å²) in [6.07, 6.45) is 0. The molecular formula is C15H16O2. The molecule has 0 atom stereocenters. The Bertz CT molecular complexity index is 521. The number of benzene rings is 2. The van der Waals surface area contributed by atoms with Crippen molar-refractivity contribution >= 4 is 0 Å². The van der Waals surface area contributed by atoms with Crippen molar-refractivity contribution in [2.75, 3.05) is 7.11 Å². The Morgan fingerprint density at radius 1 is 1.00 bits per heavy atom. The highest BCUT2D eigenvalue weighted by atomic mass is 16.5. The van der Waals surface area contributed by atoms with Gasteiger partial charge in [-0.3, -0.25) is 0 Å². The van der Waals surface area contributed by atoms with E-state index < -0.39 is 0 Å². The first-order valence-corrected chi connectivity index (χ1v) is 5.56. The van der Waals surface area contributed by atoms with Crippen LogP contribution in [0.2, 0.25) is 0 Å². The fraction of sp³-hybridized carbons (Fsp3) is 0.200. The molecule has 0 spiro atoms. The van der Waals surface area contributed by atoms with Crippen molar-refractivity contribution in [1.82, 2.24) is 0 Å². The molecule has 0 aliphatic heterocycles. The summed E-state index contributed by atoms with van der Waals surface area (Å²) >= 11 is 0. The first-order chi connectivity index (χ1) is 8.11. The summed E-state index contributed by atoms with van der Waals surface area (Å²) < 4.78 is 5.23. The molecule has 17 heavy (non-hydrogen) atoms. The molecule has 88 valence electrons. The highest BCUT2D eigenvalue weighted by Gasteiger charge is 2.08. The third-order valence-corrected chi connectivity index (χ3v) is 2.88. The summed E-state index contributed by atoms with van der Waals surface area (Å²) in [5, 5.41) is 9.54. The van der Waals surface area contributed by atoms with Gasteiger partial charge in [0.15, 0.2) is 0 Å². The Balaban J connectivity index is 2.60. The Labute approximate surface area is 101 Å². The Kier molecular flexibility index (Phi) is 3.05. The normalized spacial score (nSPS) is 10.3. The van der Waals surface area contributed by atoms with Gasteiger partial charge >= 0.3 is 0 Å². The smallest absolute Gasteiger partial charge is 0.119 e. The standard InChI is InChI=1S/C15H16O2/c1-10-7-13(16)8-11(2)15(10)12-5-4-6-14(9-12)17-3/h4-9,16H,1-3H3. The molecule has 0 aliphatic rings. The summed E-state index contributed by atoms with van der Waals surface area (Å²) in [5.74, 6) is 1.15. The first kappa shape index (κ1) is 11.5. The van der Waals surface area contributed by atoms with E-state index in [1.165, 1.54) is 0 Å². The van der Waals surface area contributed by atoms with E-state index in [2.05, 4.69) is 6.07 Å². The van der Waals surface area contributed by atoms with E-state index in [-0.39, 0.29) is 0 Å². The molecule has 0 radical (unpaired) electrons. The van der Waals surface area contributed by atoms with Gasteiger partial charge in [0.1, 0.15) is 11.5 Å². The zero-order valence-corrected chi connectivity index (χ0v) is 10.3. The van der Waals surface area contributed by atoms with Crippen LogP contribution in [0.4, 0.5) is 0 Å². The molecule has 1 N–H and O–H groups in total. The maximum absolute atomic E-state index is 9.54. The number of rotatable bonds is 2. The summed E-state index contributed by atoms with van der Waals surface area (Å²) in [7, 11) is 1.66. The van der Waals surface area contributed by atoms with Gasteiger partial charge in [0.25, 0.3) is 0 Å². The SMILES string of the molecule is COc1cccc(-c2c(C)cc(O)cc2C)c1. The molecule has 0 saturated heterocycles. The number of hydrogen-bond donors (Lipinski definition) is 1.